The van der Waals surface area contributed by atoms with Gasteiger partial charge in [0.1, 0.15) is 17.6 Å². The molecule has 0 amide bonds. The highest BCUT2D eigenvalue weighted by molar-refractivity contribution is 7.99. The van der Waals surface area contributed by atoms with Crippen molar-refractivity contribution in [2.45, 2.75) is 25.0 Å². The van der Waals surface area contributed by atoms with Crippen molar-refractivity contribution in [1.29, 1.82) is 0 Å². The molecule has 1 heterocycles. The predicted molar refractivity (Wildman–Crippen MR) is 110 cm³/mol. The molecule has 2 aromatic carbocycles. The van der Waals surface area contributed by atoms with Crippen molar-refractivity contribution < 1.29 is 14.0 Å². The number of hydrogen-bond donors (Lipinski definition) is 1. The van der Waals surface area contributed by atoms with E-state index in [1.165, 1.54) is 22.6 Å². The summed E-state index contributed by atoms with van der Waals surface area (Å²) in [4.78, 5) is 1.25. The molecule has 5 nitrogen and oxygen atoms in total. The van der Waals surface area contributed by atoms with Crippen LogP contribution in [0.25, 0.3) is 5.69 Å². The number of nitrogens with one attached hydrogen (secondary N) is 1. The van der Waals surface area contributed by atoms with Crippen molar-refractivity contribution >= 4 is 11.8 Å². The number of ether oxygens (including phenoxy) is 1. The number of aryl methyl sites for hydroxylation is 1. The molecule has 0 aliphatic heterocycles. The average Bonchev–Trinajstić information content (AvgIpc) is 3.10. The fourth-order valence-corrected chi connectivity index (χ4v) is 3.45. The summed E-state index contributed by atoms with van der Waals surface area (Å²) in [5.74, 6) is 2.19. The maximum atomic E-state index is 13.4. The Hall–Kier alpha value is -2.38. The first-order chi connectivity index (χ1) is 13.5. The Kier molecular flexibility index (Phi) is 6.70. The molecule has 0 unspecified atom stereocenters. The van der Waals surface area contributed by atoms with Crippen molar-refractivity contribution in [3.63, 3.8) is 0 Å². The zero-order chi connectivity index (χ0) is 20.1. The number of thioether (sulfide) groups is 1. The van der Waals surface area contributed by atoms with E-state index in [9.17, 15) is 4.39 Å². The van der Waals surface area contributed by atoms with Crippen LogP contribution < -0.4 is 9.64 Å². The molecule has 3 rings (SSSR count). The van der Waals surface area contributed by atoms with Gasteiger partial charge in [-0.1, -0.05) is 29.5 Å². The maximum Gasteiger partial charge on any atom is 0.196 e. The highest BCUT2D eigenvalue weighted by Gasteiger charge is 2.23. The van der Waals surface area contributed by atoms with Crippen LogP contribution in [0.3, 0.4) is 0 Å². The zero-order valence-corrected chi connectivity index (χ0v) is 17.5. The molecular weight excluding hydrogens is 375 g/mol. The molecule has 0 bridgehead atoms. The van der Waals surface area contributed by atoms with Gasteiger partial charge in [0, 0.05) is 11.4 Å². The van der Waals surface area contributed by atoms with Crippen LogP contribution in [0.2, 0.25) is 0 Å². The molecule has 1 atom stereocenters. The van der Waals surface area contributed by atoms with E-state index in [1.54, 1.807) is 23.9 Å². The van der Waals surface area contributed by atoms with E-state index in [-0.39, 0.29) is 11.9 Å². The Morgan fingerprint density at radius 2 is 1.75 bits per heavy atom. The Balaban J connectivity index is 1.74. The Morgan fingerprint density at radius 1 is 1.07 bits per heavy atom. The molecule has 1 N–H and O–H groups in total. The van der Waals surface area contributed by atoms with E-state index in [4.69, 9.17) is 4.74 Å². The fourth-order valence-electron chi connectivity index (χ4n) is 2.67. The summed E-state index contributed by atoms with van der Waals surface area (Å²) in [5, 5.41) is 9.59. The molecule has 3 aromatic rings. The van der Waals surface area contributed by atoms with Crippen LogP contribution in [0.1, 0.15) is 24.4 Å². The highest BCUT2D eigenvalue weighted by Crippen LogP contribution is 2.24. The molecule has 0 saturated heterocycles. The summed E-state index contributed by atoms with van der Waals surface area (Å²) in [5.41, 5.74) is 2.07. The van der Waals surface area contributed by atoms with Crippen LogP contribution in [0.15, 0.2) is 53.7 Å². The number of aromatic nitrogens is 3. The van der Waals surface area contributed by atoms with Crippen LogP contribution in [0.4, 0.5) is 4.39 Å². The lowest BCUT2D eigenvalue weighted by Crippen LogP contribution is -3.05. The lowest BCUT2D eigenvalue weighted by atomic mass is 10.2. The maximum absolute atomic E-state index is 13.4. The van der Waals surface area contributed by atoms with Crippen molar-refractivity contribution in [3.05, 3.63) is 65.7 Å². The Bertz CT molecular complexity index is 894. The summed E-state index contributed by atoms with van der Waals surface area (Å²) < 4.78 is 21.2. The number of hydrogen-bond acceptors (Lipinski definition) is 4. The van der Waals surface area contributed by atoms with Crippen LogP contribution in [-0.4, -0.2) is 41.2 Å². The number of rotatable bonds is 8. The van der Waals surface area contributed by atoms with E-state index >= 15 is 0 Å². The summed E-state index contributed by atoms with van der Waals surface area (Å²) in [6, 6.07) is 14.6. The summed E-state index contributed by atoms with van der Waals surface area (Å²) in [6.45, 7) is 4.72. The normalized spacial score (nSPS) is 12.4. The smallest absolute Gasteiger partial charge is 0.196 e. The SMILES string of the molecule is Cc1ccc(OCCSc2nnc([C@@H](C)[NH+](C)C)n2-c2ccc(F)cc2)cc1. The third-order valence-electron chi connectivity index (χ3n) is 4.60. The number of benzene rings is 2. The van der Waals surface area contributed by atoms with Gasteiger partial charge in [0.25, 0.3) is 0 Å². The van der Waals surface area contributed by atoms with E-state index in [0.717, 1.165) is 28.2 Å². The zero-order valence-electron chi connectivity index (χ0n) is 16.6. The van der Waals surface area contributed by atoms with Crippen LogP contribution >= 0.6 is 11.8 Å². The molecule has 0 aliphatic carbocycles. The van der Waals surface area contributed by atoms with Gasteiger partial charge in [0.2, 0.25) is 0 Å². The van der Waals surface area contributed by atoms with Crippen LogP contribution in [0.5, 0.6) is 5.75 Å². The minimum absolute atomic E-state index is 0.149. The van der Waals surface area contributed by atoms with Crippen molar-refractivity contribution in [3.8, 4) is 11.4 Å². The number of nitrogens with zero attached hydrogens (tertiary/aromatic N) is 3. The fraction of sp³-hybridized carbons (Fsp3) is 0.333. The largest absolute Gasteiger partial charge is 0.493 e. The van der Waals surface area contributed by atoms with E-state index < -0.39 is 0 Å². The quantitative estimate of drug-likeness (QED) is 0.465. The van der Waals surface area contributed by atoms with Gasteiger partial charge >= 0.3 is 0 Å². The van der Waals surface area contributed by atoms with Gasteiger partial charge in [-0.15, -0.1) is 10.2 Å². The third-order valence-corrected chi connectivity index (χ3v) is 5.49. The van der Waals surface area contributed by atoms with Gasteiger partial charge in [-0.3, -0.25) is 4.57 Å². The molecule has 1 aromatic heterocycles. The second-order valence-corrected chi connectivity index (χ2v) is 8.02. The molecule has 148 valence electrons. The molecule has 28 heavy (non-hydrogen) atoms. The minimum Gasteiger partial charge on any atom is -0.493 e. The molecule has 0 aliphatic rings. The summed E-state index contributed by atoms with van der Waals surface area (Å²) >= 11 is 1.58. The average molecular weight is 402 g/mol. The lowest BCUT2D eigenvalue weighted by Gasteiger charge is -2.18. The van der Waals surface area contributed by atoms with E-state index in [0.29, 0.717) is 6.61 Å². The third kappa shape index (κ3) is 4.91. The first-order valence-corrected chi connectivity index (χ1v) is 10.3. The molecule has 0 fully saturated rings. The number of quaternary nitrogens is 1. The highest BCUT2D eigenvalue weighted by atomic mass is 32.2. The topological polar surface area (TPSA) is 44.4 Å². The Morgan fingerprint density at radius 3 is 2.39 bits per heavy atom. The van der Waals surface area contributed by atoms with Crippen LogP contribution in [-0.2, 0) is 0 Å². The molecule has 0 saturated carbocycles. The van der Waals surface area contributed by atoms with Crippen LogP contribution in [0, 0.1) is 12.7 Å². The van der Waals surface area contributed by atoms with Crippen molar-refractivity contribution in [1.82, 2.24) is 14.8 Å². The second kappa shape index (κ2) is 9.21. The lowest BCUT2D eigenvalue weighted by molar-refractivity contribution is -0.890. The summed E-state index contributed by atoms with van der Waals surface area (Å²) in [7, 11) is 4.16. The van der Waals surface area contributed by atoms with E-state index in [1.807, 2.05) is 28.8 Å². The van der Waals surface area contributed by atoms with Gasteiger partial charge in [-0.25, -0.2) is 4.39 Å². The molecule has 0 spiro atoms. The van der Waals surface area contributed by atoms with Crippen molar-refractivity contribution in [2.24, 2.45) is 0 Å². The predicted octanol–water partition coefficient (Wildman–Crippen LogP) is 3.09. The van der Waals surface area contributed by atoms with E-state index in [2.05, 4.69) is 38.1 Å². The van der Waals surface area contributed by atoms with Gasteiger partial charge in [0.15, 0.2) is 11.0 Å². The number of halogens is 1. The van der Waals surface area contributed by atoms with Gasteiger partial charge in [0.05, 0.1) is 20.7 Å². The van der Waals surface area contributed by atoms with Gasteiger partial charge < -0.3 is 9.64 Å². The van der Waals surface area contributed by atoms with Gasteiger partial charge in [-0.2, -0.15) is 0 Å². The second-order valence-electron chi connectivity index (χ2n) is 6.96. The standard InChI is InChI=1S/C21H25FN4OS/c1-15-5-11-19(12-6-15)27-13-14-28-21-24-23-20(16(2)25(3)4)26(21)18-9-7-17(22)8-10-18/h5-12,16H,13-14H2,1-4H3/p+1/t16-/m1/s1. The molecule has 7 heteroatoms. The van der Waals surface area contributed by atoms with Crippen molar-refractivity contribution in [2.75, 3.05) is 26.5 Å². The minimum atomic E-state index is -0.259. The monoisotopic (exact) mass is 401 g/mol. The molecule has 0 radical (unpaired) electrons. The summed E-state index contributed by atoms with van der Waals surface area (Å²) in [6.07, 6.45) is 0. The molecular formula is C21H26FN4OS+. The van der Waals surface area contributed by atoms with Gasteiger partial charge in [-0.05, 0) is 50.2 Å². The first kappa shape index (κ1) is 20.4. The Labute approximate surface area is 169 Å². The first-order valence-electron chi connectivity index (χ1n) is 9.29.